The number of pyridine rings is 1. The number of aromatic nitrogens is 1. The molecule has 0 unspecified atom stereocenters. The highest BCUT2D eigenvalue weighted by molar-refractivity contribution is 7.99. The van der Waals surface area contributed by atoms with Crippen molar-refractivity contribution in [3.8, 4) is 17.2 Å². The first-order valence-corrected chi connectivity index (χ1v) is 8.88. The Hall–Kier alpha value is -3.37. The zero-order valence-electron chi connectivity index (χ0n) is 14.6. The van der Waals surface area contributed by atoms with Crippen molar-refractivity contribution in [1.29, 1.82) is 5.26 Å². The van der Waals surface area contributed by atoms with E-state index in [4.69, 9.17) is 0 Å². The minimum absolute atomic E-state index is 0.0631. The van der Waals surface area contributed by atoms with Gasteiger partial charge in [0.05, 0.1) is 4.92 Å². The lowest BCUT2D eigenvalue weighted by Crippen LogP contribution is -2.13. The molecule has 0 spiro atoms. The van der Waals surface area contributed by atoms with Crippen molar-refractivity contribution >= 4 is 17.4 Å². The van der Waals surface area contributed by atoms with E-state index in [-0.39, 0.29) is 11.3 Å². The van der Waals surface area contributed by atoms with E-state index in [0.29, 0.717) is 16.8 Å². The van der Waals surface area contributed by atoms with Gasteiger partial charge in [-0.1, -0.05) is 29.5 Å². The van der Waals surface area contributed by atoms with Gasteiger partial charge in [-0.25, -0.2) is 0 Å². The number of H-pyrrole nitrogens is 1. The molecule has 0 atom stereocenters. The van der Waals surface area contributed by atoms with Crippen LogP contribution in [0.5, 0.6) is 0 Å². The van der Waals surface area contributed by atoms with Gasteiger partial charge in [-0.3, -0.25) is 14.9 Å². The van der Waals surface area contributed by atoms with Crippen molar-refractivity contribution in [3.63, 3.8) is 0 Å². The van der Waals surface area contributed by atoms with Crippen molar-refractivity contribution in [2.45, 2.75) is 23.6 Å². The number of aromatic amines is 1. The molecule has 0 bridgehead atoms. The van der Waals surface area contributed by atoms with Crippen molar-refractivity contribution in [3.05, 3.63) is 85.8 Å². The molecule has 0 saturated heterocycles. The Labute approximate surface area is 159 Å². The van der Waals surface area contributed by atoms with Crippen LogP contribution in [0.4, 0.5) is 5.69 Å². The van der Waals surface area contributed by atoms with E-state index in [1.165, 1.54) is 23.9 Å². The highest BCUT2D eigenvalue weighted by Gasteiger charge is 2.18. The highest BCUT2D eigenvalue weighted by Crippen LogP contribution is 2.39. The summed E-state index contributed by atoms with van der Waals surface area (Å²) in [5.41, 5.74) is 1.90. The van der Waals surface area contributed by atoms with Crippen LogP contribution in [0.15, 0.2) is 63.1 Å². The monoisotopic (exact) mass is 377 g/mol. The molecular weight excluding hydrogens is 362 g/mol. The second-order valence-corrected chi connectivity index (χ2v) is 7.15. The number of hydrogen-bond acceptors (Lipinski definition) is 5. The predicted octanol–water partition coefficient (Wildman–Crippen LogP) is 4.59. The molecule has 0 amide bonds. The number of nitrogens with one attached hydrogen (secondary N) is 1. The van der Waals surface area contributed by atoms with Crippen molar-refractivity contribution < 1.29 is 4.92 Å². The number of non-ortho nitro benzene ring substituents is 1. The van der Waals surface area contributed by atoms with Gasteiger partial charge in [-0.05, 0) is 38.1 Å². The van der Waals surface area contributed by atoms with Gasteiger partial charge in [0.1, 0.15) is 11.6 Å². The van der Waals surface area contributed by atoms with Gasteiger partial charge in [-0.15, -0.1) is 0 Å². The van der Waals surface area contributed by atoms with Crippen LogP contribution in [0, 0.1) is 35.3 Å². The Morgan fingerprint density at radius 2 is 1.78 bits per heavy atom. The first kappa shape index (κ1) is 18.4. The maximum absolute atomic E-state index is 12.2. The summed E-state index contributed by atoms with van der Waals surface area (Å²) in [4.78, 5) is 27.2. The number of nitrogens with zero attached hydrogens (tertiary/aromatic N) is 2. The van der Waals surface area contributed by atoms with Crippen LogP contribution in [0.25, 0.3) is 11.1 Å². The van der Waals surface area contributed by atoms with Crippen LogP contribution in [-0.2, 0) is 0 Å². The molecule has 0 saturated carbocycles. The number of benzene rings is 2. The summed E-state index contributed by atoms with van der Waals surface area (Å²) in [7, 11) is 0. The molecule has 7 heteroatoms. The Morgan fingerprint density at radius 1 is 1.07 bits per heavy atom. The molecule has 1 aromatic heterocycles. The van der Waals surface area contributed by atoms with Crippen molar-refractivity contribution in [2.75, 3.05) is 0 Å². The lowest BCUT2D eigenvalue weighted by atomic mass is 10.0. The zero-order chi connectivity index (χ0) is 19.6. The SMILES string of the molecule is Cc1ccc(Sc2ccc([N+](=O)[O-])cc2-c2cc(C)[nH]c(=O)c2C#N)cc1. The minimum atomic E-state index is -0.509. The second-order valence-electron chi connectivity index (χ2n) is 6.03. The fraction of sp³-hybridized carbons (Fsp3) is 0.100. The zero-order valence-corrected chi connectivity index (χ0v) is 15.5. The van der Waals surface area contributed by atoms with Gasteiger partial charge in [0.25, 0.3) is 11.2 Å². The van der Waals surface area contributed by atoms with Gasteiger partial charge < -0.3 is 4.98 Å². The van der Waals surface area contributed by atoms with Gasteiger partial charge in [0.15, 0.2) is 0 Å². The average Bonchev–Trinajstić information content (AvgIpc) is 2.63. The molecule has 6 nitrogen and oxygen atoms in total. The summed E-state index contributed by atoms with van der Waals surface area (Å²) in [6, 6.07) is 15.9. The summed E-state index contributed by atoms with van der Waals surface area (Å²) < 4.78 is 0. The van der Waals surface area contributed by atoms with Crippen LogP contribution < -0.4 is 5.56 Å². The molecule has 1 heterocycles. The number of nitro groups is 1. The molecule has 27 heavy (non-hydrogen) atoms. The van der Waals surface area contributed by atoms with E-state index in [0.717, 1.165) is 15.4 Å². The molecule has 2 aromatic carbocycles. The Balaban J connectivity index is 2.22. The van der Waals surface area contributed by atoms with Gasteiger partial charge in [0.2, 0.25) is 0 Å². The largest absolute Gasteiger partial charge is 0.325 e. The van der Waals surface area contributed by atoms with Crippen LogP contribution in [0.3, 0.4) is 0 Å². The third kappa shape index (κ3) is 3.91. The molecule has 3 aromatic rings. The third-order valence-electron chi connectivity index (χ3n) is 3.99. The van der Waals surface area contributed by atoms with E-state index in [9.17, 15) is 20.2 Å². The van der Waals surface area contributed by atoms with Crippen LogP contribution >= 0.6 is 11.8 Å². The van der Waals surface area contributed by atoms with Gasteiger partial charge in [-0.2, -0.15) is 5.26 Å². The topological polar surface area (TPSA) is 99.8 Å². The molecule has 0 aliphatic carbocycles. The summed E-state index contributed by atoms with van der Waals surface area (Å²) >= 11 is 1.42. The standard InChI is InChI=1S/C20H15N3O3S/c1-12-3-6-15(7-4-12)27-19-8-5-14(23(25)26)10-17(19)16-9-13(2)22-20(24)18(16)11-21/h3-10H,1-2H3,(H,22,24). The predicted molar refractivity (Wildman–Crippen MR) is 104 cm³/mol. The molecule has 1 N–H and O–H groups in total. The molecule has 0 fully saturated rings. The molecule has 3 rings (SSSR count). The van der Waals surface area contributed by atoms with Crippen molar-refractivity contribution in [2.24, 2.45) is 0 Å². The molecule has 0 aliphatic rings. The normalized spacial score (nSPS) is 10.4. The molecule has 0 radical (unpaired) electrons. The van der Waals surface area contributed by atoms with Gasteiger partial charge >= 0.3 is 0 Å². The maximum Gasteiger partial charge on any atom is 0.270 e. The Kier molecular flexibility index (Phi) is 5.10. The highest BCUT2D eigenvalue weighted by atomic mass is 32.2. The third-order valence-corrected chi connectivity index (χ3v) is 5.08. The molecule has 0 aliphatic heterocycles. The number of nitro benzene ring substituents is 1. The summed E-state index contributed by atoms with van der Waals surface area (Å²) in [6.07, 6.45) is 0. The quantitative estimate of drug-likeness (QED) is 0.529. The molecular formula is C20H15N3O3S. The summed E-state index contributed by atoms with van der Waals surface area (Å²) in [5.74, 6) is 0. The first-order chi connectivity index (χ1) is 12.9. The van der Waals surface area contributed by atoms with Crippen LogP contribution in [0.1, 0.15) is 16.8 Å². The van der Waals surface area contributed by atoms with E-state index in [2.05, 4.69) is 4.98 Å². The number of hydrogen-bond donors (Lipinski definition) is 1. The number of nitriles is 1. The van der Waals surface area contributed by atoms with E-state index >= 15 is 0 Å². The fourth-order valence-corrected chi connectivity index (χ4v) is 3.62. The Bertz CT molecular complexity index is 1130. The van der Waals surface area contributed by atoms with E-state index in [1.54, 1.807) is 19.1 Å². The fourth-order valence-electron chi connectivity index (χ4n) is 2.68. The van der Waals surface area contributed by atoms with Crippen molar-refractivity contribution in [1.82, 2.24) is 4.98 Å². The van der Waals surface area contributed by atoms with Gasteiger partial charge in [0, 0.05) is 38.7 Å². The lowest BCUT2D eigenvalue weighted by molar-refractivity contribution is -0.384. The van der Waals surface area contributed by atoms with E-state index < -0.39 is 10.5 Å². The van der Waals surface area contributed by atoms with E-state index in [1.807, 2.05) is 37.3 Å². The first-order valence-electron chi connectivity index (χ1n) is 8.06. The molecule has 134 valence electrons. The van der Waals surface area contributed by atoms with Crippen LogP contribution in [0.2, 0.25) is 0 Å². The smallest absolute Gasteiger partial charge is 0.270 e. The number of aryl methyl sites for hydroxylation is 2. The number of rotatable bonds is 4. The second kappa shape index (κ2) is 7.48. The summed E-state index contributed by atoms with van der Waals surface area (Å²) in [6.45, 7) is 3.69. The summed E-state index contributed by atoms with van der Waals surface area (Å²) in [5, 5.41) is 20.7. The van der Waals surface area contributed by atoms with Crippen LogP contribution in [-0.4, -0.2) is 9.91 Å². The average molecular weight is 377 g/mol. The minimum Gasteiger partial charge on any atom is -0.325 e. The lowest BCUT2D eigenvalue weighted by Gasteiger charge is -2.11. The maximum atomic E-state index is 12.2. The Morgan fingerprint density at radius 3 is 2.41 bits per heavy atom.